The molecule has 2 aliphatic rings. The lowest BCUT2D eigenvalue weighted by Crippen LogP contribution is -2.17. The summed E-state index contributed by atoms with van der Waals surface area (Å²) in [5.74, 6) is 0.883. The van der Waals surface area contributed by atoms with Crippen LogP contribution in [-0.4, -0.2) is 16.8 Å². The van der Waals surface area contributed by atoms with Gasteiger partial charge in [0.2, 0.25) is 0 Å². The average molecular weight is 168 g/mol. The van der Waals surface area contributed by atoms with Crippen molar-refractivity contribution >= 4 is 17.5 Å². The summed E-state index contributed by atoms with van der Waals surface area (Å²) in [4.78, 5) is 1.18. The molecule has 1 aliphatic carbocycles. The van der Waals surface area contributed by atoms with Crippen molar-refractivity contribution in [1.29, 1.82) is 0 Å². The second-order valence-electron chi connectivity index (χ2n) is 2.36. The van der Waals surface area contributed by atoms with Crippen LogP contribution in [0.1, 0.15) is 6.42 Å². The summed E-state index contributed by atoms with van der Waals surface area (Å²) >= 11 is 1.74. The van der Waals surface area contributed by atoms with Gasteiger partial charge in [0.15, 0.2) is 0 Å². The van der Waals surface area contributed by atoms with Gasteiger partial charge in [-0.05, 0) is 6.08 Å². The topological polar surface area (TPSA) is 44.6 Å². The molecule has 0 atom stereocenters. The number of thioether (sulfide) groups is 1. The summed E-state index contributed by atoms with van der Waals surface area (Å²) in [7, 11) is 0. The van der Waals surface area contributed by atoms with Crippen molar-refractivity contribution in [2.75, 3.05) is 5.88 Å². The van der Waals surface area contributed by atoms with Crippen molar-refractivity contribution in [3.8, 4) is 0 Å². The molecule has 0 aromatic carbocycles. The number of nitrogens with zero attached hydrogens (tertiary/aromatic N) is 1. The summed E-state index contributed by atoms with van der Waals surface area (Å²) < 4.78 is 0. The second-order valence-corrected chi connectivity index (χ2v) is 3.38. The molecule has 58 valence electrons. The van der Waals surface area contributed by atoms with Gasteiger partial charge in [0.1, 0.15) is 5.71 Å². The largest absolute Gasteiger partial charge is 0.411 e. The minimum atomic E-state index is 0.725. The highest BCUT2D eigenvalue weighted by molar-refractivity contribution is 8.03. The van der Waals surface area contributed by atoms with Gasteiger partial charge in [-0.2, -0.15) is 0 Å². The minimum absolute atomic E-state index is 0.725. The van der Waals surface area contributed by atoms with E-state index in [0.29, 0.717) is 0 Å². The van der Waals surface area contributed by atoms with Gasteiger partial charge in [0.25, 0.3) is 0 Å². The first-order chi connectivity index (χ1) is 5.42. The number of oxime groups is 1. The Labute approximate surface area is 68.9 Å². The van der Waals surface area contributed by atoms with Gasteiger partial charge in [-0.25, -0.2) is 0 Å². The third kappa shape index (κ3) is 1.03. The Kier molecular flexibility index (Phi) is 1.62. The highest BCUT2D eigenvalue weighted by Crippen LogP contribution is 2.29. The van der Waals surface area contributed by atoms with Crippen molar-refractivity contribution < 1.29 is 5.21 Å². The monoisotopic (exact) mass is 168 g/mol. The van der Waals surface area contributed by atoms with Crippen LogP contribution in [-0.2, 0) is 0 Å². The normalized spacial score (nSPS) is 25.6. The summed E-state index contributed by atoms with van der Waals surface area (Å²) in [6.45, 7) is 0. The molecule has 0 radical (unpaired) electrons. The highest BCUT2D eigenvalue weighted by atomic mass is 32.2. The number of hydrogen-bond acceptors (Lipinski definition) is 4. The Morgan fingerprint density at radius 3 is 3.36 bits per heavy atom. The fourth-order valence-corrected chi connectivity index (χ4v) is 2.09. The van der Waals surface area contributed by atoms with E-state index >= 15 is 0 Å². The molecule has 1 heterocycles. The van der Waals surface area contributed by atoms with Crippen LogP contribution in [0.3, 0.4) is 0 Å². The van der Waals surface area contributed by atoms with Crippen LogP contribution in [0.25, 0.3) is 0 Å². The van der Waals surface area contributed by atoms with E-state index in [2.05, 4.69) is 16.5 Å². The van der Waals surface area contributed by atoms with Crippen LogP contribution in [0.5, 0.6) is 0 Å². The Bertz CT molecular complexity index is 268. The van der Waals surface area contributed by atoms with Crippen molar-refractivity contribution in [3.05, 3.63) is 22.8 Å². The molecule has 0 amide bonds. The van der Waals surface area contributed by atoms with E-state index in [4.69, 9.17) is 5.21 Å². The Hall–Kier alpha value is -0.900. The lowest BCUT2D eigenvalue weighted by molar-refractivity contribution is 0.318. The molecule has 0 spiro atoms. The van der Waals surface area contributed by atoms with Crippen LogP contribution in [0.2, 0.25) is 0 Å². The molecular weight excluding hydrogens is 160 g/mol. The van der Waals surface area contributed by atoms with Crippen LogP contribution in [0.15, 0.2) is 27.9 Å². The standard InChI is InChI=1S/C7H8N2OS/c10-9-5-2-1-3-6-7(5)8-4-11-6/h1,3,8,10H,2,4H2. The molecule has 0 saturated carbocycles. The molecule has 0 fully saturated rings. The van der Waals surface area contributed by atoms with Gasteiger partial charge < -0.3 is 10.5 Å². The summed E-state index contributed by atoms with van der Waals surface area (Å²) in [5, 5.41) is 15.0. The molecule has 0 bridgehead atoms. The number of rotatable bonds is 0. The quantitative estimate of drug-likeness (QED) is 0.423. The lowest BCUT2D eigenvalue weighted by atomic mass is 10.1. The first-order valence-corrected chi connectivity index (χ1v) is 4.39. The molecule has 0 saturated heterocycles. The van der Waals surface area contributed by atoms with Crippen molar-refractivity contribution in [3.63, 3.8) is 0 Å². The van der Waals surface area contributed by atoms with Crippen molar-refractivity contribution in [1.82, 2.24) is 5.32 Å². The van der Waals surface area contributed by atoms with Gasteiger partial charge in [-0.3, -0.25) is 0 Å². The fourth-order valence-electron chi connectivity index (χ4n) is 1.19. The van der Waals surface area contributed by atoms with Gasteiger partial charge in [0, 0.05) is 11.3 Å². The first-order valence-electron chi connectivity index (χ1n) is 3.40. The second kappa shape index (κ2) is 2.62. The van der Waals surface area contributed by atoms with Crippen LogP contribution in [0.4, 0.5) is 0 Å². The minimum Gasteiger partial charge on any atom is -0.411 e. The van der Waals surface area contributed by atoms with Gasteiger partial charge >= 0.3 is 0 Å². The molecule has 0 aromatic heterocycles. The maximum absolute atomic E-state index is 8.61. The molecular formula is C7H8N2OS. The summed E-state index contributed by atoms with van der Waals surface area (Å²) in [5.41, 5.74) is 1.74. The third-order valence-electron chi connectivity index (χ3n) is 1.71. The number of hydrogen-bond donors (Lipinski definition) is 2. The highest BCUT2D eigenvalue weighted by Gasteiger charge is 2.20. The smallest absolute Gasteiger partial charge is 0.108 e. The number of nitrogens with one attached hydrogen (secondary N) is 1. The summed E-state index contributed by atoms with van der Waals surface area (Å²) in [6, 6.07) is 0. The maximum Gasteiger partial charge on any atom is 0.108 e. The van der Waals surface area contributed by atoms with Crippen LogP contribution in [0, 0.1) is 0 Å². The molecule has 4 heteroatoms. The van der Waals surface area contributed by atoms with Crippen molar-refractivity contribution in [2.24, 2.45) is 5.16 Å². The van der Waals surface area contributed by atoms with Gasteiger partial charge in [-0.1, -0.05) is 11.2 Å². The molecule has 0 aromatic rings. The van der Waals surface area contributed by atoms with Gasteiger partial charge in [0.05, 0.1) is 11.6 Å². The average Bonchev–Trinajstić information content (AvgIpc) is 2.50. The molecule has 11 heavy (non-hydrogen) atoms. The Morgan fingerprint density at radius 1 is 1.64 bits per heavy atom. The van der Waals surface area contributed by atoms with E-state index in [-0.39, 0.29) is 0 Å². The van der Waals surface area contributed by atoms with E-state index in [1.54, 1.807) is 11.8 Å². The van der Waals surface area contributed by atoms with Crippen LogP contribution < -0.4 is 5.32 Å². The zero-order valence-electron chi connectivity index (χ0n) is 5.87. The summed E-state index contributed by atoms with van der Waals surface area (Å²) in [6.07, 6.45) is 4.80. The van der Waals surface area contributed by atoms with Crippen molar-refractivity contribution in [2.45, 2.75) is 6.42 Å². The van der Waals surface area contributed by atoms with Crippen LogP contribution >= 0.6 is 11.8 Å². The van der Waals surface area contributed by atoms with E-state index in [9.17, 15) is 0 Å². The molecule has 2 rings (SSSR count). The van der Waals surface area contributed by atoms with E-state index in [1.807, 2.05) is 6.08 Å². The zero-order chi connectivity index (χ0) is 7.68. The zero-order valence-corrected chi connectivity index (χ0v) is 6.69. The van der Waals surface area contributed by atoms with Gasteiger partial charge in [-0.15, -0.1) is 11.8 Å². The predicted molar refractivity (Wildman–Crippen MR) is 45.6 cm³/mol. The SMILES string of the molecule is ON=C1CC=CC2=C1NCS2. The first kappa shape index (κ1) is 6.79. The molecule has 3 nitrogen and oxygen atoms in total. The van der Waals surface area contributed by atoms with E-state index < -0.39 is 0 Å². The molecule has 0 unspecified atom stereocenters. The Balaban J connectivity index is 2.38. The Morgan fingerprint density at radius 2 is 2.55 bits per heavy atom. The molecule has 2 N–H and O–H groups in total. The number of allylic oxidation sites excluding steroid dienone is 3. The maximum atomic E-state index is 8.61. The lowest BCUT2D eigenvalue weighted by Gasteiger charge is -2.08. The van der Waals surface area contributed by atoms with E-state index in [0.717, 1.165) is 23.7 Å². The fraction of sp³-hybridized carbons (Fsp3) is 0.286. The molecule has 1 aliphatic heterocycles. The van der Waals surface area contributed by atoms with E-state index in [1.165, 1.54) is 4.91 Å². The predicted octanol–water partition coefficient (Wildman–Crippen LogP) is 1.28. The third-order valence-corrected chi connectivity index (χ3v) is 2.65.